The molecule has 5 rings (SSSR count). The first kappa shape index (κ1) is 28.9. The summed E-state index contributed by atoms with van der Waals surface area (Å²) in [5.41, 5.74) is -0.351. The zero-order valence-corrected chi connectivity index (χ0v) is 24.8. The van der Waals surface area contributed by atoms with E-state index in [-0.39, 0.29) is 29.1 Å². The molecule has 5 heterocycles. The van der Waals surface area contributed by atoms with Crippen molar-refractivity contribution in [3.63, 3.8) is 0 Å². The van der Waals surface area contributed by atoms with Crippen molar-refractivity contribution in [1.82, 2.24) is 29.5 Å². The number of fused-ring (bicyclic) bond motifs is 1. The number of morpholine rings is 1. The summed E-state index contributed by atoms with van der Waals surface area (Å²) < 4.78 is 32.1. The highest BCUT2D eigenvalue weighted by atomic mass is 32.1. The molecule has 3 aromatic heterocycles. The molecule has 0 saturated carbocycles. The van der Waals surface area contributed by atoms with E-state index in [4.69, 9.17) is 14.2 Å². The van der Waals surface area contributed by atoms with Gasteiger partial charge in [0, 0.05) is 31.1 Å². The maximum Gasteiger partial charge on any atom is 0.435 e. The Morgan fingerprint density at radius 1 is 1.24 bits per heavy atom. The van der Waals surface area contributed by atoms with Gasteiger partial charge >= 0.3 is 6.09 Å². The molecule has 220 valence electrons. The fourth-order valence-corrected chi connectivity index (χ4v) is 6.06. The van der Waals surface area contributed by atoms with Crippen molar-refractivity contribution in [2.24, 2.45) is 0 Å². The Bertz CT molecular complexity index is 1460. The van der Waals surface area contributed by atoms with Gasteiger partial charge in [-0.25, -0.2) is 19.2 Å². The fourth-order valence-electron chi connectivity index (χ4n) is 4.81. The minimum Gasteiger partial charge on any atom is -0.478 e. The Kier molecular flexibility index (Phi) is 7.74. The molecule has 1 amide bonds. The highest BCUT2D eigenvalue weighted by molar-refractivity contribution is 7.16. The monoisotopic (exact) mass is 587 g/mol. The molecule has 1 N–H and O–H groups in total. The number of anilines is 2. The number of carbonyl (C=O) groups excluding carboxylic acids is 2. The van der Waals surface area contributed by atoms with Crippen LogP contribution in [0.1, 0.15) is 49.9 Å². The molecule has 2 aliphatic heterocycles. The molecule has 41 heavy (non-hydrogen) atoms. The van der Waals surface area contributed by atoms with E-state index in [0.717, 1.165) is 35.4 Å². The number of aromatic nitrogens is 4. The van der Waals surface area contributed by atoms with Gasteiger partial charge < -0.3 is 24.4 Å². The molecule has 0 unspecified atom stereocenters. The van der Waals surface area contributed by atoms with Crippen LogP contribution in [-0.2, 0) is 15.0 Å². The van der Waals surface area contributed by atoms with Crippen LogP contribution in [0.25, 0.3) is 10.6 Å². The summed E-state index contributed by atoms with van der Waals surface area (Å²) in [5.74, 6) is -0.533. The zero-order valence-electron chi connectivity index (χ0n) is 24.0. The first-order valence-electron chi connectivity index (χ1n) is 13.3. The van der Waals surface area contributed by atoms with Crippen molar-refractivity contribution in [1.29, 1.82) is 0 Å². The van der Waals surface area contributed by atoms with E-state index in [1.807, 2.05) is 18.7 Å². The van der Waals surface area contributed by atoms with Gasteiger partial charge in [-0.05, 0) is 40.7 Å². The van der Waals surface area contributed by atoms with Gasteiger partial charge in [-0.2, -0.15) is 4.68 Å². The second-order valence-electron chi connectivity index (χ2n) is 11.3. The van der Waals surface area contributed by atoms with Crippen LogP contribution in [0.3, 0.4) is 0 Å². The van der Waals surface area contributed by atoms with Crippen LogP contribution in [0.2, 0.25) is 0 Å². The first-order chi connectivity index (χ1) is 19.4. The van der Waals surface area contributed by atoms with Crippen LogP contribution in [0.4, 0.5) is 20.8 Å². The maximum absolute atomic E-state index is 15.0. The van der Waals surface area contributed by atoms with Gasteiger partial charge in [0.15, 0.2) is 5.82 Å². The van der Waals surface area contributed by atoms with E-state index >= 15 is 4.39 Å². The van der Waals surface area contributed by atoms with Crippen molar-refractivity contribution in [2.75, 3.05) is 51.8 Å². The molecule has 14 heteroatoms. The summed E-state index contributed by atoms with van der Waals surface area (Å²) in [4.78, 5) is 39.9. The van der Waals surface area contributed by atoms with Crippen molar-refractivity contribution in [3.8, 4) is 16.5 Å². The Morgan fingerprint density at radius 3 is 2.63 bits per heavy atom. The number of halogens is 1. The van der Waals surface area contributed by atoms with Crippen molar-refractivity contribution < 1.29 is 28.2 Å². The van der Waals surface area contributed by atoms with Crippen LogP contribution in [0.15, 0.2) is 18.5 Å². The molecule has 2 aliphatic rings. The third-order valence-electron chi connectivity index (χ3n) is 6.86. The second-order valence-corrected chi connectivity index (χ2v) is 12.4. The van der Waals surface area contributed by atoms with Gasteiger partial charge in [0.2, 0.25) is 5.95 Å². The number of hydrogen-bond donors (Lipinski definition) is 1. The van der Waals surface area contributed by atoms with Crippen molar-refractivity contribution in [3.05, 3.63) is 34.7 Å². The lowest BCUT2D eigenvalue weighted by atomic mass is 10.0. The standard InChI is InChI=1S/C27H34FN7O5S/c1-26(2,3)40-25(37)35-15-18(22(32-35)38-6)30-24-29-14-17(28)20(31-24)19-13-16-21(41-19)27(4,5)34(23(16)36)8-7-33-9-11-39-12-10-33/h13-15H,7-12H2,1-6H3,(H,29,30,31). The number of thiophene rings is 1. The molecule has 0 aliphatic carbocycles. The highest BCUT2D eigenvalue weighted by Gasteiger charge is 2.45. The van der Waals surface area contributed by atoms with Crippen LogP contribution in [0.5, 0.6) is 5.88 Å². The molecule has 0 spiro atoms. The van der Waals surface area contributed by atoms with E-state index in [0.29, 0.717) is 30.2 Å². The molecule has 0 bridgehead atoms. The molecule has 1 saturated heterocycles. The number of nitrogens with one attached hydrogen (secondary N) is 1. The largest absolute Gasteiger partial charge is 0.478 e. The third kappa shape index (κ3) is 5.90. The van der Waals surface area contributed by atoms with E-state index < -0.39 is 23.1 Å². The SMILES string of the molecule is COc1nn(C(=O)OC(C)(C)C)cc1Nc1ncc(F)c(-c2cc3c(s2)C(C)(C)N(CCN2CCOCC2)C3=O)n1. The number of hydrogen-bond acceptors (Lipinski definition) is 11. The van der Waals surface area contributed by atoms with E-state index in [9.17, 15) is 9.59 Å². The zero-order chi connectivity index (χ0) is 29.5. The van der Waals surface area contributed by atoms with E-state index in [2.05, 4.69) is 25.3 Å². The third-order valence-corrected chi connectivity index (χ3v) is 8.31. The molecule has 0 aromatic carbocycles. The predicted octanol–water partition coefficient (Wildman–Crippen LogP) is 4.10. The van der Waals surface area contributed by atoms with Gasteiger partial charge in [0.1, 0.15) is 17.0 Å². The fraction of sp³-hybridized carbons (Fsp3) is 0.519. The minimum atomic E-state index is -0.713. The Morgan fingerprint density at radius 2 is 1.98 bits per heavy atom. The molecular formula is C27H34FN7O5S. The Labute approximate surface area is 241 Å². The molecule has 0 radical (unpaired) electrons. The topological polar surface area (TPSA) is 124 Å². The summed E-state index contributed by atoms with van der Waals surface area (Å²) in [5, 5.41) is 7.03. The molecule has 3 aromatic rings. The van der Waals surface area contributed by atoms with Crippen LogP contribution < -0.4 is 10.1 Å². The summed E-state index contributed by atoms with van der Waals surface area (Å²) in [6.07, 6.45) is 1.75. The predicted molar refractivity (Wildman–Crippen MR) is 150 cm³/mol. The molecule has 12 nitrogen and oxygen atoms in total. The van der Waals surface area contributed by atoms with Gasteiger partial charge in [0.05, 0.1) is 48.7 Å². The average Bonchev–Trinajstić information content (AvgIpc) is 3.58. The smallest absolute Gasteiger partial charge is 0.435 e. The normalized spacial score (nSPS) is 17.0. The lowest BCUT2D eigenvalue weighted by molar-refractivity contribution is 0.0263. The number of carbonyl (C=O) groups is 2. The van der Waals surface area contributed by atoms with E-state index in [1.54, 1.807) is 26.8 Å². The maximum atomic E-state index is 15.0. The number of ether oxygens (including phenoxy) is 3. The van der Waals surface area contributed by atoms with Crippen molar-refractivity contribution in [2.45, 2.75) is 45.8 Å². The van der Waals surface area contributed by atoms with Gasteiger partial charge in [-0.1, -0.05) is 0 Å². The van der Waals surface area contributed by atoms with E-state index in [1.165, 1.54) is 24.6 Å². The number of rotatable bonds is 7. The summed E-state index contributed by atoms with van der Waals surface area (Å²) in [6.45, 7) is 13.7. The minimum absolute atomic E-state index is 0.0591. The number of nitrogens with zero attached hydrogens (tertiary/aromatic N) is 6. The Hall–Kier alpha value is -3.62. The summed E-state index contributed by atoms with van der Waals surface area (Å²) in [6, 6.07) is 1.70. The second kappa shape index (κ2) is 11.0. The van der Waals surface area contributed by atoms with Gasteiger partial charge in [-0.15, -0.1) is 16.4 Å². The lowest BCUT2D eigenvalue weighted by Crippen LogP contribution is -2.46. The Balaban J connectivity index is 1.36. The summed E-state index contributed by atoms with van der Waals surface area (Å²) in [7, 11) is 1.40. The quantitative estimate of drug-likeness (QED) is 0.432. The number of amides is 1. The van der Waals surface area contributed by atoms with Crippen LogP contribution >= 0.6 is 11.3 Å². The van der Waals surface area contributed by atoms with Crippen LogP contribution in [0, 0.1) is 5.82 Å². The van der Waals surface area contributed by atoms with Gasteiger partial charge in [-0.3, -0.25) is 9.69 Å². The van der Waals surface area contributed by atoms with Crippen molar-refractivity contribution >= 4 is 35.0 Å². The van der Waals surface area contributed by atoms with Gasteiger partial charge in [0.25, 0.3) is 11.8 Å². The van der Waals surface area contributed by atoms with Crippen LogP contribution in [-0.4, -0.2) is 93.7 Å². The molecule has 0 atom stereocenters. The average molecular weight is 588 g/mol. The number of methoxy groups -OCH3 is 1. The highest BCUT2D eigenvalue weighted by Crippen LogP contribution is 2.46. The first-order valence-corrected chi connectivity index (χ1v) is 14.1. The molecular weight excluding hydrogens is 553 g/mol. The lowest BCUT2D eigenvalue weighted by Gasteiger charge is -2.35. The summed E-state index contributed by atoms with van der Waals surface area (Å²) >= 11 is 1.34. The molecule has 1 fully saturated rings.